The number of hydrogen-bond donors (Lipinski definition) is 2. The standard InChI is InChI=1S/C28H50N6/c1-2-3-4-5-6-7-11-18-33-19-14-10-15-24(33)22-30-28-31-26-16-17-29-23-25(26)27(32-28)34-20-12-8-9-13-21-34/h24,29H,2-23H2,1H3,(H,30,31,32). The molecule has 0 radical (unpaired) electrons. The smallest absolute Gasteiger partial charge is 0.224 e. The van der Waals surface area contributed by atoms with Gasteiger partial charge in [-0.25, -0.2) is 4.98 Å². The molecule has 3 aliphatic rings. The lowest BCUT2D eigenvalue weighted by molar-refractivity contribution is 0.153. The first-order valence-electron chi connectivity index (χ1n) is 14.7. The summed E-state index contributed by atoms with van der Waals surface area (Å²) in [4.78, 5) is 15.4. The number of hydrogen-bond acceptors (Lipinski definition) is 6. The van der Waals surface area contributed by atoms with Crippen molar-refractivity contribution in [2.24, 2.45) is 0 Å². The molecule has 2 N–H and O–H groups in total. The molecule has 6 nitrogen and oxygen atoms in total. The summed E-state index contributed by atoms with van der Waals surface area (Å²) in [5, 5.41) is 7.25. The van der Waals surface area contributed by atoms with E-state index in [2.05, 4.69) is 27.4 Å². The summed E-state index contributed by atoms with van der Waals surface area (Å²) in [5.74, 6) is 2.06. The van der Waals surface area contributed by atoms with Crippen LogP contribution in [0.5, 0.6) is 0 Å². The van der Waals surface area contributed by atoms with Gasteiger partial charge in [0.05, 0.1) is 5.69 Å². The normalized spacial score (nSPS) is 21.8. The predicted molar refractivity (Wildman–Crippen MR) is 144 cm³/mol. The molecule has 4 rings (SSSR count). The van der Waals surface area contributed by atoms with Crippen LogP contribution in [-0.4, -0.2) is 60.2 Å². The number of fused-ring (bicyclic) bond motifs is 1. The maximum absolute atomic E-state index is 5.12. The SMILES string of the molecule is CCCCCCCCCN1CCCCC1CNc1nc2c(c(N3CCCCCC3)n1)CNCC2. The zero-order valence-corrected chi connectivity index (χ0v) is 21.9. The van der Waals surface area contributed by atoms with Crippen molar-refractivity contribution in [3.05, 3.63) is 11.3 Å². The highest BCUT2D eigenvalue weighted by Crippen LogP contribution is 2.28. The second-order valence-electron chi connectivity index (χ2n) is 10.8. The van der Waals surface area contributed by atoms with Gasteiger partial charge in [-0.1, -0.05) is 64.7 Å². The van der Waals surface area contributed by atoms with Crippen molar-refractivity contribution in [1.29, 1.82) is 0 Å². The molecule has 4 heterocycles. The van der Waals surface area contributed by atoms with Gasteiger partial charge in [0, 0.05) is 50.7 Å². The molecule has 6 heteroatoms. The lowest BCUT2D eigenvalue weighted by atomic mass is 10.0. The van der Waals surface area contributed by atoms with Crippen molar-refractivity contribution in [1.82, 2.24) is 20.2 Å². The second-order valence-corrected chi connectivity index (χ2v) is 10.8. The maximum Gasteiger partial charge on any atom is 0.224 e. The fourth-order valence-corrected chi connectivity index (χ4v) is 6.01. The summed E-state index contributed by atoms with van der Waals surface area (Å²) in [6.45, 7) is 10.0. The van der Waals surface area contributed by atoms with E-state index in [9.17, 15) is 0 Å². The molecule has 192 valence electrons. The Morgan fingerprint density at radius 3 is 2.47 bits per heavy atom. The van der Waals surface area contributed by atoms with Crippen LogP contribution < -0.4 is 15.5 Å². The lowest BCUT2D eigenvalue weighted by Gasteiger charge is -2.36. The maximum atomic E-state index is 5.12. The summed E-state index contributed by atoms with van der Waals surface area (Å²) in [6.07, 6.45) is 20.0. The highest BCUT2D eigenvalue weighted by Gasteiger charge is 2.25. The summed E-state index contributed by atoms with van der Waals surface area (Å²) >= 11 is 0. The summed E-state index contributed by atoms with van der Waals surface area (Å²) in [5.41, 5.74) is 2.61. The van der Waals surface area contributed by atoms with Gasteiger partial charge in [-0.2, -0.15) is 4.98 Å². The van der Waals surface area contributed by atoms with Crippen molar-refractivity contribution in [3.8, 4) is 0 Å². The number of likely N-dealkylation sites (tertiary alicyclic amines) is 1. The van der Waals surface area contributed by atoms with Gasteiger partial charge in [-0.3, -0.25) is 4.90 Å². The molecule has 0 aromatic carbocycles. The largest absolute Gasteiger partial charge is 0.356 e. The van der Waals surface area contributed by atoms with Crippen molar-refractivity contribution in [2.45, 2.75) is 116 Å². The molecule has 2 fully saturated rings. The first-order chi connectivity index (χ1) is 16.8. The van der Waals surface area contributed by atoms with E-state index in [1.165, 1.54) is 120 Å². The van der Waals surface area contributed by atoms with Crippen molar-refractivity contribution in [2.75, 3.05) is 49.5 Å². The fraction of sp³-hybridized carbons (Fsp3) is 0.857. The van der Waals surface area contributed by atoms with Gasteiger partial charge in [0.1, 0.15) is 5.82 Å². The van der Waals surface area contributed by atoms with Crippen LogP contribution in [0.15, 0.2) is 0 Å². The van der Waals surface area contributed by atoms with Crippen LogP contribution in [-0.2, 0) is 13.0 Å². The Bertz CT molecular complexity index is 715. The molecular formula is C28H50N6. The third kappa shape index (κ3) is 7.55. The van der Waals surface area contributed by atoms with E-state index in [1.54, 1.807) is 0 Å². The minimum absolute atomic E-state index is 0.622. The van der Waals surface area contributed by atoms with E-state index in [0.717, 1.165) is 45.1 Å². The Morgan fingerprint density at radius 2 is 1.65 bits per heavy atom. The zero-order chi connectivity index (χ0) is 23.4. The summed E-state index contributed by atoms with van der Waals surface area (Å²) in [6, 6.07) is 0.622. The first-order valence-corrected chi connectivity index (χ1v) is 14.7. The highest BCUT2D eigenvalue weighted by molar-refractivity contribution is 5.53. The molecule has 1 aromatic heterocycles. The van der Waals surface area contributed by atoms with E-state index >= 15 is 0 Å². The number of rotatable bonds is 12. The molecule has 1 atom stereocenters. The quantitative estimate of drug-likeness (QED) is 0.392. The first kappa shape index (κ1) is 25.7. The molecule has 34 heavy (non-hydrogen) atoms. The van der Waals surface area contributed by atoms with Gasteiger partial charge in [-0.05, 0) is 45.2 Å². The lowest BCUT2D eigenvalue weighted by Crippen LogP contribution is -2.44. The van der Waals surface area contributed by atoms with E-state index in [-0.39, 0.29) is 0 Å². The molecule has 1 aromatic rings. The molecule has 2 saturated heterocycles. The van der Waals surface area contributed by atoms with Gasteiger partial charge in [0.2, 0.25) is 5.95 Å². The van der Waals surface area contributed by atoms with Gasteiger partial charge >= 0.3 is 0 Å². The van der Waals surface area contributed by atoms with Gasteiger partial charge in [-0.15, -0.1) is 0 Å². The monoisotopic (exact) mass is 470 g/mol. The Hall–Kier alpha value is -1.40. The van der Waals surface area contributed by atoms with Crippen molar-refractivity contribution < 1.29 is 0 Å². The average molecular weight is 471 g/mol. The number of unbranched alkanes of at least 4 members (excludes halogenated alkanes) is 6. The van der Waals surface area contributed by atoms with Crippen molar-refractivity contribution in [3.63, 3.8) is 0 Å². The van der Waals surface area contributed by atoms with Crippen LogP contribution in [0.1, 0.15) is 108 Å². The van der Waals surface area contributed by atoms with Crippen LogP contribution in [0.4, 0.5) is 11.8 Å². The molecule has 0 amide bonds. The van der Waals surface area contributed by atoms with E-state index < -0.39 is 0 Å². The Balaban J connectivity index is 1.33. The van der Waals surface area contributed by atoms with E-state index in [0.29, 0.717) is 6.04 Å². The van der Waals surface area contributed by atoms with Crippen LogP contribution in [0.3, 0.4) is 0 Å². The zero-order valence-electron chi connectivity index (χ0n) is 21.9. The topological polar surface area (TPSA) is 56.3 Å². The fourth-order valence-electron chi connectivity index (χ4n) is 6.01. The number of piperidine rings is 1. The molecular weight excluding hydrogens is 420 g/mol. The predicted octanol–water partition coefficient (Wildman–Crippen LogP) is 5.52. The molecule has 0 saturated carbocycles. The highest BCUT2D eigenvalue weighted by atomic mass is 15.3. The average Bonchev–Trinajstić information content (AvgIpc) is 3.16. The summed E-state index contributed by atoms with van der Waals surface area (Å²) in [7, 11) is 0. The number of aromatic nitrogens is 2. The van der Waals surface area contributed by atoms with Crippen molar-refractivity contribution >= 4 is 11.8 Å². The third-order valence-corrected chi connectivity index (χ3v) is 8.11. The van der Waals surface area contributed by atoms with E-state index in [1.807, 2.05) is 0 Å². The minimum Gasteiger partial charge on any atom is -0.356 e. The Morgan fingerprint density at radius 1 is 0.882 bits per heavy atom. The summed E-state index contributed by atoms with van der Waals surface area (Å²) < 4.78 is 0. The second kappa shape index (κ2) is 14.2. The van der Waals surface area contributed by atoms with Crippen LogP contribution >= 0.6 is 0 Å². The number of nitrogens with one attached hydrogen (secondary N) is 2. The van der Waals surface area contributed by atoms with E-state index in [4.69, 9.17) is 9.97 Å². The van der Waals surface area contributed by atoms with Crippen LogP contribution in [0.2, 0.25) is 0 Å². The minimum atomic E-state index is 0.622. The van der Waals surface area contributed by atoms with Crippen LogP contribution in [0, 0.1) is 0 Å². The van der Waals surface area contributed by atoms with Crippen LogP contribution in [0.25, 0.3) is 0 Å². The molecule has 3 aliphatic heterocycles. The van der Waals surface area contributed by atoms with Gasteiger partial charge in [0.25, 0.3) is 0 Å². The number of nitrogens with zero attached hydrogens (tertiary/aromatic N) is 4. The third-order valence-electron chi connectivity index (χ3n) is 8.11. The molecule has 0 spiro atoms. The Kier molecular flexibility index (Phi) is 10.8. The van der Waals surface area contributed by atoms with Gasteiger partial charge in [0.15, 0.2) is 0 Å². The van der Waals surface area contributed by atoms with Gasteiger partial charge < -0.3 is 15.5 Å². The molecule has 1 unspecified atom stereocenters. The number of anilines is 2. The molecule has 0 aliphatic carbocycles. The Labute approximate surface area is 208 Å². The molecule has 0 bridgehead atoms.